The van der Waals surface area contributed by atoms with Crippen LogP contribution in [0.15, 0.2) is 30.3 Å². The minimum Gasteiger partial charge on any atom is -0.481 e. The lowest BCUT2D eigenvalue weighted by Crippen LogP contribution is -2.59. The molecule has 0 bridgehead atoms. The average Bonchev–Trinajstić information content (AvgIpc) is 3.82. The normalized spacial score (nSPS) is 16.6. The summed E-state index contributed by atoms with van der Waals surface area (Å²) in [4.78, 5) is 145. The van der Waals surface area contributed by atoms with Gasteiger partial charge in [0.1, 0.15) is 42.3 Å². The fourth-order valence-electron chi connectivity index (χ4n) is 8.08. The van der Waals surface area contributed by atoms with Gasteiger partial charge in [0.15, 0.2) is 0 Å². The third kappa shape index (κ3) is 22.3. The number of nitrogens with two attached hydrogens (primary N) is 2. The number of unbranched alkanes of at least 4 members (excludes halogenated alkanes) is 1. The molecule has 24 nitrogen and oxygen atoms in total. The maximum atomic E-state index is 14.2. The van der Waals surface area contributed by atoms with Crippen molar-refractivity contribution in [1.29, 1.82) is 0 Å². The van der Waals surface area contributed by atoms with Crippen molar-refractivity contribution in [3.63, 3.8) is 0 Å². The second-order valence-corrected chi connectivity index (χ2v) is 19.3. The number of hydrogen-bond acceptors (Lipinski definition) is 13. The zero-order chi connectivity index (χ0) is 54.9. The number of aliphatic carboxylic acids is 3. The maximum Gasteiger partial charge on any atom is 0.326 e. The first-order valence-corrected chi connectivity index (χ1v) is 24.9. The predicted molar refractivity (Wildman–Crippen MR) is 265 cm³/mol. The summed E-state index contributed by atoms with van der Waals surface area (Å²) in [5, 5.41) is 46.3. The molecule has 1 aliphatic heterocycles. The first-order valence-electron chi connectivity index (χ1n) is 24.9. The molecule has 1 aliphatic rings. The van der Waals surface area contributed by atoms with Crippen LogP contribution in [0.25, 0.3) is 0 Å². The molecule has 9 unspecified atom stereocenters. The molecule has 14 N–H and O–H groups in total. The molecule has 1 fully saturated rings. The molecule has 0 aliphatic carbocycles. The number of likely N-dealkylation sites (tertiary alicyclic amines) is 1. The van der Waals surface area contributed by atoms with Gasteiger partial charge in [-0.3, -0.25) is 47.9 Å². The third-order valence-electron chi connectivity index (χ3n) is 12.3. The van der Waals surface area contributed by atoms with Gasteiger partial charge in [0.2, 0.25) is 47.3 Å². The van der Waals surface area contributed by atoms with Crippen LogP contribution < -0.4 is 48.7 Å². The van der Waals surface area contributed by atoms with Gasteiger partial charge in [0.25, 0.3) is 0 Å². The molecule has 24 heteroatoms. The van der Waals surface area contributed by atoms with Gasteiger partial charge >= 0.3 is 17.9 Å². The van der Waals surface area contributed by atoms with E-state index in [9.17, 15) is 68.1 Å². The Morgan fingerprint density at radius 3 is 1.78 bits per heavy atom. The maximum absolute atomic E-state index is 14.2. The lowest BCUT2D eigenvalue weighted by molar-refractivity contribution is -0.144. The summed E-state index contributed by atoms with van der Waals surface area (Å²) < 4.78 is 0. The summed E-state index contributed by atoms with van der Waals surface area (Å²) in [5.74, 6) is -11.2. The van der Waals surface area contributed by atoms with Gasteiger partial charge in [0.05, 0.1) is 19.0 Å². The molecule has 1 aromatic carbocycles. The van der Waals surface area contributed by atoms with Gasteiger partial charge in [-0.05, 0) is 81.2 Å². The second kappa shape index (κ2) is 31.7. The molecule has 0 radical (unpaired) electrons. The molecule has 0 aromatic heterocycles. The van der Waals surface area contributed by atoms with E-state index in [1.165, 1.54) is 4.90 Å². The van der Waals surface area contributed by atoms with Crippen molar-refractivity contribution in [2.45, 2.75) is 167 Å². The largest absolute Gasteiger partial charge is 0.481 e. The Balaban J connectivity index is 2.30. The van der Waals surface area contributed by atoms with Crippen molar-refractivity contribution in [3.8, 4) is 0 Å². The van der Waals surface area contributed by atoms with E-state index in [1.54, 1.807) is 44.2 Å². The zero-order valence-electron chi connectivity index (χ0n) is 42.8. The molecular weight excluding hydrogens is 953 g/mol. The number of carbonyl (C=O) groups is 11. The average molecular weight is 1030 g/mol. The summed E-state index contributed by atoms with van der Waals surface area (Å²) in [7, 11) is 0. The summed E-state index contributed by atoms with van der Waals surface area (Å²) in [5.41, 5.74) is 12.3. The number of benzene rings is 1. The van der Waals surface area contributed by atoms with E-state index < -0.39 is 145 Å². The second-order valence-electron chi connectivity index (χ2n) is 19.3. The van der Waals surface area contributed by atoms with Gasteiger partial charge < -0.3 is 68.9 Å². The van der Waals surface area contributed by atoms with Gasteiger partial charge in [-0.25, -0.2) is 4.79 Å². The van der Waals surface area contributed by atoms with Gasteiger partial charge in [-0.1, -0.05) is 78.3 Å². The van der Waals surface area contributed by atoms with Crippen molar-refractivity contribution < 1.29 is 68.1 Å². The molecule has 1 heterocycles. The van der Waals surface area contributed by atoms with E-state index in [2.05, 4.69) is 37.2 Å². The van der Waals surface area contributed by atoms with E-state index in [4.69, 9.17) is 11.5 Å². The lowest BCUT2D eigenvalue weighted by atomic mass is 9.97. The number of carbonyl (C=O) groups excluding carboxylic acids is 8. The van der Waals surface area contributed by atoms with Crippen LogP contribution in [0.5, 0.6) is 0 Å². The summed E-state index contributed by atoms with van der Waals surface area (Å²) in [6, 6.07) is -1.71. The van der Waals surface area contributed by atoms with Crippen LogP contribution in [-0.2, 0) is 59.2 Å². The molecule has 408 valence electrons. The van der Waals surface area contributed by atoms with Crippen LogP contribution in [0, 0.1) is 17.8 Å². The third-order valence-corrected chi connectivity index (χ3v) is 12.3. The first kappa shape index (κ1) is 62.4. The van der Waals surface area contributed by atoms with Gasteiger partial charge in [-0.15, -0.1) is 0 Å². The molecule has 1 saturated heterocycles. The first-order chi connectivity index (χ1) is 34.4. The van der Waals surface area contributed by atoms with E-state index in [-0.39, 0.29) is 57.0 Å². The number of rotatable bonds is 33. The molecular formula is C49H78N10O14. The Hall–Kier alpha value is -6.69. The summed E-state index contributed by atoms with van der Waals surface area (Å²) >= 11 is 0. The monoisotopic (exact) mass is 1030 g/mol. The Morgan fingerprint density at radius 1 is 0.658 bits per heavy atom. The number of hydrogen-bond donors (Lipinski definition) is 12. The highest BCUT2D eigenvalue weighted by atomic mass is 16.4. The number of carboxylic acids is 3. The fraction of sp³-hybridized carbons (Fsp3) is 0.653. The minimum atomic E-state index is -1.79. The van der Waals surface area contributed by atoms with Crippen molar-refractivity contribution >= 4 is 65.2 Å². The molecule has 9 atom stereocenters. The lowest BCUT2D eigenvalue weighted by Gasteiger charge is -2.29. The minimum absolute atomic E-state index is 0.000208. The molecule has 0 spiro atoms. The van der Waals surface area contributed by atoms with E-state index >= 15 is 0 Å². The number of carboxylic acid groups (broad SMARTS) is 3. The van der Waals surface area contributed by atoms with E-state index in [0.29, 0.717) is 31.2 Å². The number of amides is 8. The number of nitrogens with zero attached hydrogens (tertiary/aromatic N) is 1. The van der Waals surface area contributed by atoms with E-state index in [0.717, 1.165) is 0 Å². The summed E-state index contributed by atoms with van der Waals surface area (Å²) in [6.07, 6.45) is 0.241. The van der Waals surface area contributed by atoms with Gasteiger partial charge in [-0.2, -0.15) is 0 Å². The van der Waals surface area contributed by atoms with Crippen LogP contribution in [0.2, 0.25) is 0 Å². The Labute approximate surface area is 426 Å². The zero-order valence-corrected chi connectivity index (χ0v) is 42.8. The highest BCUT2D eigenvalue weighted by Crippen LogP contribution is 2.19. The Bertz CT molecular complexity index is 2060. The van der Waals surface area contributed by atoms with E-state index in [1.807, 2.05) is 27.7 Å². The Morgan fingerprint density at radius 2 is 1.22 bits per heavy atom. The van der Waals surface area contributed by atoms with Crippen LogP contribution in [0.1, 0.15) is 118 Å². The van der Waals surface area contributed by atoms with Crippen LogP contribution in [0.4, 0.5) is 0 Å². The highest BCUT2D eigenvalue weighted by Gasteiger charge is 2.38. The van der Waals surface area contributed by atoms with Crippen molar-refractivity contribution in [3.05, 3.63) is 35.9 Å². The number of nitrogens with one attached hydrogen (secondary N) is 7. The smallest absolute Gasteiger partial charge is 0.326 e. The molecule has 73 heavy (non-hydrogen) atoms. The van der Waals surface area contributed by atoms with Crippen LogP contribution in [0.3, 0.4) is 0 Å². The molecule has 0 saturated carbocycles. The SMILES string of the molecule is CCC(C)C(NC(=O)C(CC(C)C)NC(=O)C(Cc1ccccc1)NC(=O)C(CCCCN)NC(=O)C1CCCN1C(=O)CNC(=O)C(CC(=O)O)NC(=O)C(CCC(=O)O)NC(=O)C(N)CC(C)C)C(=O)O. The fourth-order valence-corrected chi connectivity index (χ4v) is 8.08. The topological polar surface area (TPSA) is 388 Å². The molecule has 1 aromatic rings. The summed E-state index contributed by atoms with van der Waals surface area (Å²) in [6.45, 7) is 10.3. The van der Waals surface area contributed by atoms with Crippen LogP contribution in [-0.4, -0.2) is 153 Å². The predicted octanol–water partition coefficient (Wildman–Crippen LogP) is -0.736. The van der Waals surface area contributed by atoms with Crippen molar-refractivity contribution in [2.24, 2.45) is 29.2 Å². The van der Waals surface area contributed by atoms with Gasteiger partial charge in [0, 0.05) is 19.4 Å². The molecule has 2 rings (SSSR count). The highest BCUT2D eigenvalue weighted by molar-refractivity contribution is 5.98. The van der Waals surface area contributed by atoms with Crippen molar-refractivity contribution in [2.75, 3.05) is 19.6 Å². The van der Waals surface area contributed by atoms with Crippen molar-refractivity contribution in [1.82, 2.24) is 42.1 Å². The standard InChI is InChI=1S/C49H78N10O14/c1-7-29(6)41(49(72)73)58-47(70)34(23-28(4)5)55-46(69)35(24-30-14-9-8-10-15-30)56-44(67)32(16-11-12-20-50)54-48(71)37-17-13-21-59(37)38(60)26-52-43(66)36(25-40(63)64)57-45(68)33(18-19-39(61)62)53-42(65)31(51)22-27(2)3/h8-10,14-15,27-29,31-37,41H,7,11-13,16-26,50-51H2,1-6H3,(H,52,66)(H,53,65)(H,54,71)(H,55,69)(H,56,67)(H,57,68)(H,58,70)(H,61,62)(H,63,64)(H,72,73). The molecule has 8 amide bonds. The Kier molecular flexibility index (Phi) is 27.1. The quantitative estimate of drug-likeness (QED) is 0.0386. The van der Waals surface area contributed by atoms with Crippen LogP contribution >= 0.6 is 0 Å².